The van der Waals surface area contributed by atoms with Gasteiger partial charge >= 0.3 is 0 Å². The average molecular weight is 325 g/mol. The van der Waals surface area contributed by atoms with Crippen LogP contribution in [0.25, 0.3) is 0 Å². The molecule has 4 N–H and O–H groups in total. The zero-order valence-electron chi connectivity index (χ0n) is 13.7. The van der Waals surface area contributed by atoms with Crippen LogP contribution < -0.4 is 21.1 Å². The number of aromatic nitrogens is 2. The molecule has 4 rings (SSSR count). The van der Waals surface area contributed by atoms with Crippen LogP contribution in [-0.2, 0) is 19.3 Å². The van der Waals surface area contributed by atoms with E-state index < -0.39 is 0 Å². The first kappa shape index (κ1) is 15.2. The SMILES string of the molecule is Nc1nc2c(c(NC[C@H]3CCc4ccccc4O3)n1)CCNCC2. The molecule has 3 heterocycles. The summed E-state index contributed by atoms with van der Waals surface area (Å²) in [5.41, 5.74) is 9.43. The Morgan fingerprint density at radius 3 is 3.00 bits per heavy atom. The van der Waals surface area contributed by atoms with Crippen LogP contribution in [0.15, 0.2) is 24.3 Å². The third-order valence-corrected chi connectivity index (χ3v) is 4.70. The minimum Gasteiger partial charge on any atom is -0.488 e. The standard InChI is InChI=1S/C18H23N5O/c19-18-22-15-8-10-20-9-7-14(15)17(23-18)21-11-13-6-5-12-3-1-2-4-16(12)24-13/h1-4,13,20H,5-11H2,(H3,19,21,22,23)/t13-/m1/s1. The molecule has 0 fully saturated rings. The molecule has 1 aromatic carbocycles. The number of ether oxygens (including phenoxy) is 1. The van der Waals surface area contributed by atoms with Crippen molar-refractivity contribution in [2.75, 3.05) is 30.7 Å². The molecule has 2 aliphatic rings. The number of rotatable bonds is 3. The number of benzene rings is 1. The van der Waals surface area contributed by atoms with Crippen LogP contribution >= 0.6 is 0 Å². The Bertz CT molecular complexity index is 733. The predicted octanol–water partition coefficient (Wildman–Crippen LogP) is 1.55. The number of nitrogen functional groups attached to an aromatic ring is 1. The molecule has 0 saturated heterocycles. The van der Waals surface area contributed by atoms with E-state index in [-0.39, 0.29) is 6.10 Å². The van der Waals surface area contributed by atoms with E-state index in [1.54, 1.807) is 0 Å². The van der Waals surface area contributed by atoms with Gasteiger partial charge in [0.15, 0.2) is 0 Å². The van der Waals surface area contributed by atoms with Gasteiger partial charge in [0, 0.05) is 18.5 Å². The maximum atomic E-state index is 6.10. The number of hydrogen-bond acceptors (Lipinski definition) is 6. The summed E-state index contributed by atoms with van der Waals surface area (Å²) >= 11 is 0. The second-order valence-electron chi connectivity index (χ2n) is 6.37. The van der Waals surface area contributed by atoms with Crippen molar-refractivity contribution in [2.45, 2.75) is 31.8 Å². The Hall–Kier alpha value is -2.34. The van der Waals surface area contributed by atoms with Crippen LogP contribution in [-0.4, -0.2) is 35.7 Å². The number of nitrogens with zero attached hydrogens (tertiary/aromatic N) is 2. The summed E-state index contributed by atoms with van der Waals surface area (Å²) in [6.45, 7) is 2.61. The van der Waals surface area contributed by atoms with Crippen molar-refractivity contribution < 1.29 is 4.74 Å². The molecule has 6 nitrogen and oxygen atoms in total. The van der Waals surface area contributed by atoms with Crippen LogP contribution in [0.1, 0.15) is 23.2 Å². The molecule has 2 aliphatic heterocycles. The molecule has 2 aromatic rings. The molecule has 0 saturated carbocycles. The van der Waals surface area contributed by atoms with Crippen molar-refractivity contribution in [1.82, 2.24) is 15.3 Å². The minimum absolute atomic E-state index is 0.149. The molecule has 0 unspecified atom stereocenters. The van der Waals surface area contributed by atoms with Crippen molar-refractivity contribution in [3.8, 4) is 5.75 Å². The van der Waals surface area contributed by atoms with Gasteiger partial charge < -0.3 is 21.1 Å². The van der Waals surface area contributed by atoms with E-state index in [1.165, 1.54) is 11.1 Å². The Morgan fingerprint density at radius 1 is 1.17 bits per heavy atom. The van der Waals surface area contributed by atoms with Crippen LogP contribution in [0.5, 0.6) is 5.75 Å². The van der Waals surface area contributed by atoms with E-state index in [0.717, 1.165) is 62.6 Å². The number of nitrogens with two attached hydrogens (primary N) is 1. The van der Waals surface area contributed by atoms with Gasteiger partial charge in [0.2, 0.25) is 5.95 Å². The third kappa shape index (κ3) is 3.14. The monoisotopic (exact) mass is 325 g/mol. The van der Waals surface area contributed by atoms with Crippen LogP contribution in [0.2, 0.25) is 0 Å². The van der Waals surface area contributed by atoms with Gasteiger partial charge in [-0.1, -0.05) is 18.2 Å². The lowest BCUT2D eigenvalue weighted by atomic mass is 10.0. The molecule has 6 heteroatoms. The fourth-order valence-corrected chi connectivity index (χ4v) is 3.44. The second kappa shape index (κ2) is 6.65. The van der Waals surface area contributed by atoms with E-state index in [1.807, 2.05) is 12.1 Å². The maximum Gasteiger partial charge on any atom is 0.222 e. The van der Waals surface area contributed by atoms with Crippen molar-refractivity contribution in [3.05, 3.63) is 41.1 Å². The highest BCUT2D eigenvalue weighted by atomic mass is 16.5. The second-order valence-corrected chi connectivity index (χ2v) is 6.37. The van der Waals surface area contributed by atoms with Gasteiger partial charge in [-0.15, -0.1) is 0 Å². The van der Waals surface area contributed by atoms with Gasteiger partial charge in [-0.3, -0.25) is 0 Å². The van der Waals surface area contributed by atoms with Crippen molar-refractivity contribution >= 4 is 11.8 Å². The molecular formula is C18H23N5O. The number of fused-ring (bicyclic) bond motifs is 2. The van der Waals surface area contributed by atoms with Gasteiger partial charge in [-0.25, -0.2) is 4.98 Å². The molecular weight excluding hydrogens is 302 g/mol. The van der Waals surface area contributed by atoms with E-state index in [2.05, 4.69) is 32.7 Å². The van der Waals surface area contributed by atoms with Gasteiger partial charge in [0.1, 0.15) is 17.7 Å². The first-order valence-electron chi connectivity index (χ1n) is 8.64. The molecule has 0 bridgehead atoms. The maximum absolute atomic E-state index is 6.10. The van der Waals surface area contributed by atoms with Gasteiger partial charge in [0.25, 0.3) is 0 Å². The molecule has 126 valence electrons. The number of nitrogens with one attached hydrogen (secondary N) is 2. The van der Waals surface area contributed by atoms with Gasteiger partial charge in [-0.05, 0) is 37.4 Å². The lowest BCUT2D eigenvalue weighted by Crippen LogP contribution is -2.30. The molecule has 0 aliphatic carbocycles. The Labute approximate surface area is 141 Å². The summed E-state index contributed by atoms with van der Waals surface area (Å²) in [4.78, 5) is 8.84. The highest BCUT2D eigenvalue weighted by Gasteiger charge is 2.21. The number of anilines is 2. The summed E-state index contributed by atoms with van der Waals surface area (Å²) < 4.78 is 6.10. The zero-order valence-corrected chi connectivity index (χ0v) is 13.7. The zero-order chi connectivity index (χ0) is 16.4. The molecule has 1 aromatic heterocycles. The first-order valence-corrected chi connectivity index (χ1v) is 8.64. The first-order chi connectivity index (χ1) is 11.8. The number of hydrogen-bond donors (Lipinski definition) is 3. The quantitative estimate of drug-likeness (QED) is 0.794. The molecule has 1 atom stereocenters. The molecule has 24 heavy (non-hydrogen) atoms. The van der Waals surface area contributed by atoms with E-state index in [0.29, 0.717) is 5.95 Å². The van der Waals surface area contributed by atoms with Crippen LogP contribution in [0.3, 0.4) is 0 Å². The van der Waals surface area contributed by atoms with Crippen LogP contribution in [0.4, 0.5) is 11.8 Å². The Kier molecular flexibility index (Phi) is 4.21. The number of para-hydroxylation sites is 1. The number of aryl methyl sites for hydroxylation is 1. The summed E-state index contributed by atoms with van der Waals surface area (Å²) in [5, 5.41) is 6.85. The molecule has 0 radical (unpaired) electrons. The summed E-state index contributed by atoms with van der Waals surface area (Å²) in [5.74, 6) is 2.21. The van der Waals surface area contributed by atoms with Gasteiger partial charge in [0.05, 0.1) is 12.2 Å². The lowest BCUT2D eigenvalue weighted by molar-refractivity contribution is 0.185. The normalized spacial score (nSPS) is 19.6. The molecule has 0 amide bonds. The average Bonchev–Trinajstić information content (AvgIpc) is 2.85. The van der Waals surface area contributed by atoms with Crippen molar-refractivity contribution in [3.63, 3.8) is 0 Å². The smallest absolute Gasteiger partial charge is 0.222 e. The highest BCUT2D eigenvalue weighted by molar-refractivity contribution is 5.50. The third-order valence-electron chi connectivity index (χ3n) is 4.70. The van der Waals surface area contributed by atoms with E-state index >= 15 is 0 Å². The van der Waals surface area contributed by atoms with Crippen molar-refractivity contribution in [2.24, 2.45) is 0 Å². The van der Waals surface area contributed by atoms with Crippen molar-refractivity contribution in [1.29, 1.82) is 0 Å². The topological polar surface area (TPSA) is 85.1 Å². The fourth-order valence-electron chi connectivity index (χ4n) is 3.44. The highest BCUT2D eigenvalue weighted by Crippen LogP contribution is 2.27. The largest absolute Gasteiger partial charge is 0.488 e. The fraction of sp³-hybridized carbons (Fsp3) is 0.444. The predicted molar refractivity (Wildman–Crippen MR) is 94.4 cm³/mol. The van der Waals surface area contributed by atoms with Crippen LogP contribution in [0, 0.1) is 0 Å². The lowest BCUT2D eigenvalue weighted by Gasteiger charge is -2.26. The Morgan fingerprint density at radius 2 is 2.04 bits per heavy atom. The molecule has 0 spiro atoms. The summed E-state index contributed by atoms with van der Waals surface area (Å²) in [6, 6.07) is 8.26. The summed E-state index contributed by atoms with van der Waals surface area (Å²) in [7, 11) is 0. The van der Waals surface area contributed by atoms with E-state index in [9.17, 15) is 0 Å². The Balaban J connectivity index is 1.48. The van der Waals surface area contributed by atoms with Gasteiger partial charge in [-0.2, -0.15) is 4.98 Å². The van der Waals surface area contributed by atoms with E-state index in [4.69, 9.17) is 10.5 Å². The summed E-state index contributed by atoms with van der Waals surface area (Å²) in [6.07, 6.45) is 4.02. The minimum atomic E-state index is 0.149.